The summed E-state index contributed by atoms with van der Waals surface area (Å²) in [5.41, 5.74) is 10.4. The molecule has 21 heteroatoms. The van der Waals surface area contributed by atoms with Crippen molar-refractivity contribution >= 4 is 55.4 Å². The van der Waals surface area contributed by atoms with Crippen molar-refractivity contribution in [2.24, 2.45) is 0 Å². The fourth-order valence-electron chi connectivity index (χ4n) is 10.1. The van der Waals surface area contributed by atoms with Gasteiger partial charge in [-0.25, -0.2) is 41.8 Å². The molecular weight excluding hydrogens is 981 g/mol. The van der Waals surface area contributed by atoms with Crippen molar-refractivity contribution in [3.8, 4) is 11.4 Å². The second-order valence-electron chi connectivity index (χ2n) is 21.2. The Morgan fingerprint density at radius 3 is 1.74 bits per heavy atom. The van der Waals surface area contributed by atoms with E-state index < -0.39 is 21.0 Å². The number of fused-ring (bicyclic) bond motifs is 4. The molecule has 11 rings (SSSR count). The molecule has 2 aromatic carbocycles. The molecule has 76 heavy (non-hydrogen) atoms. The lowest BCUT2D eigenvalue weighted by Crippen LogP contribution is -2.30. The molecule has 20 nitrogen and oxygen atoms in total. The van der Waals surface area contributed by atoms with Crippen molar-refractivity contribution in [1.29, 1.82) is 0 Å². The van der Waals surface area contributed by atoms with E-state index in [2.05, 4.69) is 111 Å². The van der Waals surface area contributed by atoms with Gasteiger partial charge in [-0.05, 0) is 121 Å². The standard InChI is InChI=1S/C55H60N16O4S/c1-54(2,3)46-24-42(13-17-60-46)71-49-45(32-63-53(67-49)65-41-10-8-39-30-58-16-12-37(39)23-41)51(73)69(71)33-35-21-34(27-59-28-35)26-55(4,5)47-25-43(14-18-61-47)70-48-44(50(72)68(70)19-20-76(74,75)56-6)31-62-52(66-48)64-40-9-7-38-29-57-15-11-36(38)22-40/h7-10,13-14,17-18,21-25,27-28,31-32,56-58H,11-12,15-16,19-20,26,29-30,33H2,1-6H3,(H,62,64,66)(H,63,65,67). The minimum absolute atomic E-state index is 0.154. The highest BCUT2D eigenvalue weighted by Gasteiger charge is 2.27. The normalized spacial score (nSPS) is 14.0. The van der Waals surface area contributed by atoms with Gasteiger partial charge in [-0.2, -0.15) is 9.97 Å². The fraction of sp³-hybridized carbons (Fsp3) is 0.327. The van der Waals surface area contributed by atoms with Crippen LogP contribution < -0.4 is 37.1 Å². The molecule has 0 saturated heterocycles. The van der Waals surface area contributed by atoms with Crippen molar-refractivity contribution in [1.82, 2.24) is 69.0 Å². The number of anilines is 4. The molecule has 0 unspecified atom stereocenters. The molecule has 9 heterocycles. The van der Waals surface area contributed by atoms with Crippen LogP contribution in [0.5, 0.6) is 0 Å². The lowest BCUT2D eigenvalue weighted by atomic mass is 9.82. The molecule has 2 aliphatic rings. The highest BCUT2D eigenvalue weighted by molar-refractivity contribution is 7.89. The summed E-state index contributed by atoms with van der Waals surface area (Å²) in [5, 5.41) is 14.1. The predicted octanol–water partition coefficient (Wildman–Crippen LogP) is 5.86. The van der Waals surface area contributed by atoms with Gasteiger partial charge in [0.05, 0.1) is 30.2 Å². The van der Waals surface area contributed by atoms with E-state index in [1.165, 1.54) is 40.2 Å². The topological polar surface area (TPSA) is 238 Å². The lowest BCUT2D eigenvalue weighted by molar-refractivity contribution is 0.501. The predicted molar refractivity (Wildman–Crippen MR) is 294 cm³/mol. The van der Waals surface area contributed by atoms with E-state index in [0.29, 0.717) is 40.4 Å². The number of rotatable bonds is 15. The van der Waals surface area contributed by atoms with Gasteiger partial charge < -0.3 is 21.3 Å². The van der Waals surface area contributed by atoms with Gasteiger partial charge in [0.25, 0.3) is 11.1 Å². The number of hydrogen-bond donors (Lipinski definition) is 5. The first-order chi connectivity index (χ1) is 36.5. The summed E-state index contributed by atoms with van der Waals surface area (Å²) in [6, 6.07) is 22.0. The lowest BCUT2D eigenvalue weighted by Gasteiger charge is -2.25. The van der Waals surface area contributed by atoms with Gasteiger partial charge in [0, 0.05) is 83.9 Å². The average molecular weight is 1040 g/mol. The van der Waals surface area contributed by atoms with Gasteiger partial charge in [0.15, 0.2) is 11.3 Å². The van der Waals surface area contributed by atoms with E-state index in [4.69, 9.17) is 15.0 Å². The zero-order valence-corrected chi connectivity index (χ0v) is 44.2. The van der Waals surface area contributed by atoms with Gasteiger partial charge in [-0.1, -0.05) is 52.8 Å². The van der Waals surface area contributed by atoms with Crippen LogP contribution in [0.2, 0.25) is 0 Å². The first kappa shape index (κ1) is 50.2. The Hall–Kier alpha value is -7.98. The number of aromatic nitrogens is 11. The Kier molecular flexibility index (Phi) is 13.2. The van der Waals surface area contributed by atoms with E-state index in [1.54, 1.807) is 40.2 Å². The van der Waals surface area contributed by atoms with Crippen LogP contribution in [0.3, 0.4) is 0 Å². The Labute approximate surface area is 439 Å². The Morgan fingerprint density at radius 2 is 1.16 bits per heavy atom. The number of nitrogens with one attached hydrogen (secondary N) is 5. The van der Waals surface area contributed by atoms with Gasteiger partial charge in [0.2, 0.25) is 21.9 Å². The number of nitrogens with zero attached hydrogens (tertiary/aromatic N) is 11. The molecule has 0 radical (unpaired) electrons. The van der Waals surface area contributed by atoms with Crippen molar-refractivity contribution in [2.45, 2.75) is 90.9 Å². The van der Waals surface area contributed by atoms with Crippen LogP contribution in [0.4, 0.5) is 23.3 Å². The Morgan fingerprint density at radius 1 is 0.618 bits per heavy atom. The van der Waals surface area contributed by atoms with Crippen LogP contribution >= 0.6 is 0 Å². The maximum atomic E-state index is 14.6. The molecule has 0 saturated carbocycles. The summed E-state index contributed by atoms with van der Waals surface area (Å²) in [7, 11) is -2.35. The summed E-state index contributed by atoms with van der Waals surface area (Å²) in [4.78, 5) is 62.0. The molecule has 5 N–H and O–H groups in total. The molecule has 2 aliphatic heterocycles. The zero-order valence-electron chi connectivity index (χ0n) is 43.3. The average Bonchev–Trinajstić information content (AvgIpc) is 3.91. The number of sulfonamides is 1. The van der Waals surface area contributed by atoms with E-state index in [0.717, 1.165) is 72.9 Å². The highest BCUT2D eigenvalue weighted by atomic mass is 32.2. The van der Waals surface area contributed by atoms with Crippen molar-refractivity contribution in [2.75, 3.05) is 36.5 Å². The van der Waals surface area contributed by atoms with Crippen LogP contribution in [-0.4, -0.2) is 87.9 Å². The minimum atomic E-state index is -3.69. The van der Waals surface area contributed by atoms with E-state index in [-0.39, 0.29) is 41.2 Å². The summed E-state index contributed by atoms with van der Waals surface area (Å²) in [5.74, 6) is 0.302. The van der Waals surface area contributed by atoms with Crippen LogP contribution in [0, 0.1) is 0 Å². The summed E-state index contributed by atoms with van der Waals surface area (Å²) in [6.07, 6.45) is 12.4. The molecule has 0 amide bonds. The Balaban J connectivity index is 0.918. The molecule has 390 valence electrons. The first-order valence-electron chi connectivity index (χ1n) is 25.4. The molecule has 9 aromatic rings. The van der Waals surface area contributed by atoms with E-state index >= 15 is 0 Å². The minimum Gasteiger partial charge on any atom is -0.324 e. The van der Waals surface area contributed by atoms with Gasteiger partial charge in [-0.3, -0.25) is 24.5 Å². The van der Waals surface area contributed by atoms with Crippen LogP contribution in [-0.2, 0) is 66.3 Å². The van der Waals surface area contributed by atoms with Crippen molar-refractivity contribution in [3.05, 3.63) is 169 Å². The van der Waals surface area contributed by atoms with Crippen LogP contribution in [0.1, 0.15) is 79.4 Å². The maximum Gasteiger partial charge on any atom is 0.278 e. The van der Waals surface area contributed by atoms with E-state index in [9.17, 15) is 18.0 Å². The largest absolute Gasteiger partial charge is 0.324 e. The zero-order chi connectivity index (χ0) is 52.9. The monoisotopic (exact) mass is 1040 g/mol. The third-order valence-corrected chi connectivity index (χ3v) is 15.5. The number of hydrogen-bond acceptors (Lipinski definition) is 15. The SMILES string of the molecule is CNS(=O)(=O)CCn1c(=O)c2cnc(Nc3ccc4c(c3)CCNC4)nc2n1-c1ccnc(C(C)(C)Cc2cncc(Cn3c(=O)c4cnc(Nc5ccc6c(c5)CCNC6)nc4n3-c3ccnc(C(C)(C)C)c3)c2)c1. The molecule has 0 aliphatic carbocycles. The van der Waals surface area contributed by atoms with Crippen LogP contribution in [0.15, 0.2) is 114 Å². The van der Waals surface area contributed by atoms with Gasteiger partial charge in [0.1, 0.15) is 10.8 Å². The molecule has 0 atom stereocenters. The summed E-state index contributed by atoms with van der Waals surface area (Å²) in [6.45, 7) is 13.9. The Bertz CT molecular complexity index is 3950. The number of benzene rings is 2. The first-order valence-corrected chi connectivity index (χ1v) is 27.1. The smallest absolute Gasteiger partial charge is 0.278 e. The third kappa shape index (κ3) is 10.1. The maximum absolute atomic E-state index is 14.6. The highest BCUT2D eigenvalue weighted by Crippen LogP contribution is 2.31. The summed E-state index contributed by atoms with van der Waals surface area (Å²) >= 11 is 0. The molecule has 0 fully saturated rings. The van der Waals surface area contributed by atoms with E-state index in [1.807, 2.05) is 41.2 Å². The number of pyridine rings is 3. The fourth-order valence-corrected chi connectivity index (χ4v) is 10.7. The molecule has 0 bridgehead atoms. The van der Waals surface area contributed by atoms with Gasteiger partial charge in [-0.15, -0.1) is 0 Å². The second kappa shape index (κ2) is 19.9. The quantitative estimate of drug-likeness (QED) is 0.0809. The second-order valence-corrected chi connectivity index (χ2v) is 23.2. The van der Waals surface area contributed by atoms with Gasteiger partial charge >= 0.3 is 0 Å². The van der Waals surface area contributed by atoms with Crippen molar-refractivity contribution in [3.63, 3.8) is 0 Å². The van der Waals surface area contributed by atoms with Crippen LogP contribution in [0.25, 0.3) is 33.4 Å². The van der Waals surface area contributed by atoms with Crippen molar-refractivity contribution < 1.29 is 8.42 Å². The molecule has 0 spiro atoms. The third-order valence-electron chi connectivity index (χ3n) is 14.2. The molecule has 7 aromatic heterocycles. The summed E-state index contributed by atoms with van der Waals surface area (Å²) < 4.78 is 34.4. The molecular formula is C55H60N16O4S.